The third-order valence-corrected chi connectivity index (χ3v) is 5.17. The molecule has 1 fully saturated rings. The second-order valence-corrected chi connectivity index (χ2v) is 7.66. The molecule has 1 aliphatic heterocycles. The quantitative estimate of drug-likeness (QED) is 0.765. The van der Waals surface area contributed by atoms with Crippen LogP contribution in [0.25, 0.3) is 12.2 Å². The summed E-state index contributed by atoms with van der Waals surface area (Å²) in [6.45, 7) is 8.44. The van der Waals surface area contributed by atoms with Gasteiger partial charge in [-0.1, -0.05) is 39.8 Å². The van der Waals surface area contributed by atoms with E-state index in [-0.39, 0.29) is 23.2 Å². The maximum absolute atomic E-state index is 12.4. The van der Waals surface area contributed by atoms with E-state index in [2.05, 4.69) is 39.1 Å². The predicted molar refractivity (Wildman–Crippen MR) is 89.3 cm³/mol. The molecule has 0 aromatic carbocycles. The van der Waals surface area contributed by atoms with Crippen LogP contribution in [0.5, 0.6) is 0 Å². The molecule has 3 rings (SSSR count). The van der Waals surface area contributed by atoms with Gasteiger partial charge in [-0.25, -0.2) is 4.79 Å². The van der Waals surface area contributed by atoms with E-state index in [0.717, 1.165) is 0 Å². The lowest BCUT2D eigenvalue weighted by atomic mass is 9.68. The van der Waals surface area contributed by atoms with Gasteiger partial charge in [-0.05, 0) is 24.0 Å². The minimum absolute atomic E-state index is 0.0751. The summed E-state index contributed by atoms with van der Waals surface area (Å²) in [5, 5.41) is 2.85. The summed E-state index contributed by atoms with van der Waals surface area (Å²) >= 11 is 0. The molecule has 2 heterocycles. The third kappa shape index (κ3) is 2.56. The lowest BCUT2D eigenvalue weighted by Gasteiger charge is -2.36. The standard InChI is InChI=1S/C18H22N2O4/c1-17(2,3)18(4)9-5-6-11-13(10-18)24-16(23)20(11)12-7-8-14(21)19-15(12)22/h5-6,9-10,12H,7-8H2,1-4H3,(H,19,21,22). The van der Waals surface area contributed by atoms with Crippen LogP contribution >= 0.6 is 0 Å². The van der Waals surface area contributed by atoms with Gasteiger partial charge in [-0.15, -0.1) is 0 Å². The Labute approximate surface area is 139 Å². The number of nitrogens with one attached hydrogen (secondary N) is 1. The second-order valence-electron chi connectivity index (χ2n) is 7.66. The van der Waals surface area contributed by atoms with Crippen molar-refractivity contribution in [1.29, 1.82) is 0 Å². The Morgan fingerprint density at radius 3 is 2.62 bits per heavy atom. The number of oxazole rings is 1. The van der Waals surface area contributed by atoms with Gasteiger partial charge in [0.05, 0.1) is 5.35 Å². The molecule has 6 nitrogen and oxygen atoms in total. The SMILES string of the molecule is CC(C)(C)C1(C)C=CC=c2c(oc(=O)n2C2CCC(=O)NC2=O)=C1. The van der Waals surface area contributed by atoms with Crippen LogP contribution in [0.1, 0.15) is 46.6 Å². The summed E-state index contributed by atoms with van der Waals surface area (Å²) < 4.78 is 6.81. The largest absolute Gasteiger partial charge is 0.420 e. The Kier molecular flexibility index (Phi) is 3.66. The number of carbonyl (C=O) groups excluding carboxylic acids is 2. The molecule has 0 spiro atoms. The Morgan fingerprint density at radius 2 is 2.00 bits per heavy atom. The first kappa shape index (κ1) is 16.5. The Bertz CT molecular complexity index is 910. The third-order valence-electron chi connectivity index (χ3n) is 5.17. The van der Waals surface area contributed by atoms with E-state index in [1.54, 1.807) is 6.08 Å². The van der Waals surface area contributed by atoms with Gasteiger partial charge in [-0.3, -0.25) is 19.5 Å². The topological polar surface area (TPSA) is 81.3 Å². The molecule has 1 aliphatic carbocycles. The first-order chi connectivity index (χ1) is 11.1. The van der Waals surface area contributed by atoms with Crippen LogP contribution in [-0.4, -0.2) is 16.4 Å². The molecule has 0 radical (unpaired) electrons. The fourth-order valence-corrected chi connectivity index (χ4v) is 3.03. The number of hydrogen-bond donors (Lipinski definition) is 1. The van der Waals surface area contributed by atoms with Crippen LogP contribution in [0.2, 0.25) is 0 Å². The number of rotatable bonds is 1. The number of aromatic nitrogens is 1. The zero-order valence-corrected chi connectivity index (χ0v) is 14.4. The average Bonchev–Trinajstić information content (AvgIpc) is 2.63. The smallest absolute Gasteiger partial charge is 0.408 e. The summed E-state index contributed by atoms with van der Waals surface area (Å²) in [6.07, 6.45) is 8.20. The molecule has 6 heteroatoms. The predicted octanol–water partition coefficient (Wildman–Crippen LogP) is 0.602. The van der Waals surface area contributed by atoms with Gasteiger partial charge < -0.3 is 4.42 Å². The molecule has 0 saturated carbocycles. The fourth-order valence-electron chi connectivity index (χ4n) is 3.03. The van der Waals surface area contributed by atoms with Gasteiger partial charge >= 0.3 is 5.76 Å². The minimum atomic E-state index is -0.722. The van der Waals surface area contributed by atoms with Gasteiger partial charge in [0.1, 0.15) is 6.04 Å². The van der Waals surface area contributed by atoms with Crippen LogP contribution in [0, 0.1) is 10.8 Å². The summed E-state index contributed by atoms with van der Waals surface area (Å²) in [5.74, 6) is -1.35. The van der Waals surface area contributed by atoms with Crippen LogP contribution < -0.4 is 21.8 Å². The monoisotopic (exact) mass is 330 g/mol. The van der Waals surface area contributed by atoms with Crippen molar-refractivity contribution in [2.45, 2.75) is 46.6 Å². The van der Waals surface area contributed by atoms with Crippen molar-refractivity contribution >= 4 is 24.0 Å². The Hall–Kier alpha value is -2.37. The van der Waals surface area contributed by atoms with Crippen molar-refractivity contribution in [3.63, 3.8) is 0 Å². The molecular formula is C18H22N2O4. The van der Waals surface area contributed by atoms with Gasteiger partial charge in [0.2, 0.25) is 11.8 Å². The highest BCUT2D eigenvalue weighted by molar-refractivity contribution is 5.99. The minimum Gasteiger partial charge on any atom is -0.408 e. The maximum Gasteiger partial charge on any atom is 0.420 e. The molecule has 128 valence electrons. The zero-order valence-electron chi connectivity index (χ0n) is 14.4. The molecule has 1 saturated heterocycles. The molecule has 2 aliphatic rings. The number of amides is 2. The Balaban J connectivity index is 2.19. The van der Waals surface area contributed by atoms with E-state index in [1.807, 2.05) is 12.2 Å². The molecule has 1 aromatic rings. The number of allylic oxidation sites excluding steroid dienone is 2. The molecule has 1 N–H and O–H groups in total. The van der Waals surface area contributed by atoms with E-state index in [9.17, 15) is 14.4 Å². The molecule has 2 amide bonds. The van der Waals surface area contributed by atoms with Crippen molar-refractivity contribution in [3.8, 4) is 0 Å². The van der Waals surface area contributed by atoms with Crippen molar-refractivity contribution in [3.05, 3.63) is 33.5 Å². The van der Waals surface area contributed by atoms with Crippen LogP contribution in [0.15, 0.2) is 21.4 Å². The van der Waals surface area contributed by atoms with Crippen molar-refractivity contribution in [1.82, 2.24) is 9.88 Å². The number of imide groups is 1. The first-order valence-electron chi connectivity index (χ1n) is 8.10. The average molecular weight is 330 g/mol. The number of piperidine rings is 1. The molecule has 2 atom stereocenters. The molecule has 2 unspecified atom stereocenters. The van der Waals surface area contributed by atoms with Crippen molar-refractivity contribution in [2.75, 3.05) is 0 Å². The van der Waals surface area contributed by atoms with Crippen molar-refractivity contribution in [2.24, 2.45) is 10.8 Å². The van der Waals surface area contributed by atoms with E-state index in [4.69, 9.17) is 4.42 Å². The number of carbonyl (C=O) groups is 2. The number of fused-ring (bicyclic) bond motifs is 1. The Morgan fingerprint density at radius 1 is 1.29 bits per heavy atom. The first-order valence-corrected chi connectivity index (χ1v) is 8.10. The van der Waals surface area contributed by atoms with Gasteiger partial charge in [0, 0.05) is 11.8 Å². The van der Waals surface area contributed by atoms with Crippen LogP contribution in [0.3, 0.4) is 0 Å². The maximum atomic E-state index is 12.4. The summed E-state index contributed by atoms with van der Waals surface area (Å²) in [7, 11) is 0. The van der Waals surface area contributed by atoms with E-state index >= 15 is 0 Å². The molecule has 1 aromatic heterocycles. The highest BCUT2D eigenvalue weighted by atomic mass is 16.4. The highest BCUT2D eigenvalue weighted by Crippen LogP contribution is 2.41. The van der Waals surface area contributed by atoms with Crippen LogP contribution in [-0.2, 0) is 9.59 Å². The van der Waals surface area contributed by atoms with Gasteiger partial charge in [0.25, 0.3) is 0 Å². The van der Waals surface area contributed by atoms with Gasteiger partial charge in [-0.2, -0.15) is 0 Å². The van der Waals surface area contributed by atoms with E-state index in [0.29, 0.717) is 17.2 Å². The zero-order chi connectivity index (χ0) is 17.7. The van der Waals surface area contributed by atoms with Gasteiger partial charge in [0.15, 0.2) is 5.42 Å². The number of hydrogen-bond acceptors (Lipinski definition) is 4. The number of nitrogens with zero attached hydrogens (tertiary/aromatic N) is 1. The summed E-state index contributed by atoms with van der Waals surface area (Å²) in [4.78, 5) is 35.9. The van der Waals surface area contributed by atoms with E-state index in [1.165, 1.54) is 4.57 Å². The van der Waals surface area contributed by atoms with E-state index < -0.39 is 17.7 Å². The lowest BCUT2D eigenvalue weighted by Crippen LogP contribution is -2.47. The highest BCUT2D eigenvalue weighted by Gasteiger charge is 2.35. The molecule has 24 heavy (non-hydrogen) atoms. The van der Waals surface area contributed by atoms with Crippen LogP contribution in [0.4, 0.5) is 0 Å². The fraction of sp³-hybridized carbons (Fsp3) is 0.500. The molecule has 0 bridgehead atoms. The second kappa shape index (κ2) is 5.33. The lowest BCUT2D eigenvalue weighted by molar-refractivity contribution is -0.135. The van der Waals surface area contributed by atoms with Crippen molar-refractivity contribution < 1.29 is 14.0 Å². The summed E-state index contributed by atoms with van der Waals surface area (Å²) in [6, 6.07) is -0.722. The molecular weight excluding hydrogens is 308 g/mol. The normalized spacial score (nSPS) is 26.9. The summed E-state index contributed by atoms with van der Waals surface area (Å²) in [5.41, 5.74) is 0.0859.